The average molecular weight is 419 g/mol. The van der Waals surface area contributed by atoms with Gasteiger partial charge in [-0.25, -0.2) is 0 Å². The van der Waals surface area contributed by atoms with Gasteiger partial charge in [0.2, 0.25) is 0 Å². The molecule has 1 fully saturated rings. The number of amidine groups is 1. The fourth-order valence-electron chi connectivity index (χ4n) is 5.02. The molecular weight excluding hydrogens is 392 g/mol. The lowest BCUT2D eigenvalue weighted by molar-refractivity contribution is 0.253. The summed E-state index contributed by atoms with van der Waals surface area (Å²) in [5.74, 6) is 0.995. The summed E-state index contributed by atoms with van der Waals surface area (Å²) in [6.45, 7) is 0. The molecule has 2 unspecified atom stereocenters. The van der Waals surface area contributed by atoms with Gasteiger partial charge < -0.3 is 10.6 Å². The molecule has 2 atom stereocenters. The van der Waals surface area contributed by atoms with Crippen molar-refractivity contribution in [3.05, 3.63) is 120 Å². The number of hydrogen-bond acceptors (Lipinski definition) is 4. The lowest BCUT2D eigenvalue weighted by Crippen LogP contribution is -2.43. The zero-order valence-corrected chi connectivity index (χ0v) is 17.9. The highest BCUT2D eigenvalue weighted by atomic mass is 15.3. The van der Waals surface area contributed by atoms with Crippen molar-refractivity contribution >= 4 is 11.4 Å². The maximum absolute atomic E-state index is 6.55. The molecular formula is C28H26N4. The van der Waals surface area contributed by atoms with Gasteiger partial charge in [0.05, 0.1) is 6.04 Å². The molecule has 1 saturated carbocycles. The number of pyridine rings is 1. The summed E-state index contributed by atoms with van der Waals surface area (Å²) in [6.07, 6.45) is 13.6. The van der Waals surface area contributed by atoms with E-state index in [1.54, 1.807) is 6.20 Å². The molecule has 2 aliphatic heterocycles. The predicted molar refractivity (Wildman–Crippen MR) is 129 cm³/mol. The second-order valence-corrected chi connectivity index (χ2v) is 8.99. The van der Waals surface area contributed by atoms with Crippen molar-refractivity contribution in [2.75, 3.05) is 0 Å². The molecule has 4 nitrogen and oxygen atoms in total. The van der Waals surface area contributed by atoms with Crippen molar-refractivity contribution in [3.63, 3.8) is 0 Å². The Morgan fingerprint density at radius 3 is 2.38 bits per heavy atom. The third-order valence-corrected chi connectivity index (χ3v) is 7.03. The molecule has 4 heteroatoms. The largest absolute Gasteiger partial charge is 0.323 e. The lowest BCUT2D eigenvalue weighted by atomic mass is 9.72. The van der Waals surface area contributed by atoms with Crippen molar-refractivity contribution in [2.24, 2.45) is 10.7 Å². The predicted octanol–water partition coefficient (Wildman–Crippen LogP) is 5.53. The molecule has 32 heavy (non-hydrogen) atoms. The van der Waals surface area contributed by atoms with Crippen LogP contribution in [-0.4, -0.2) is 15.7 Å². The second kappa shape index (κ2) is 7.57. The Hall–Kier alpha value is -3.50. The molecule has 6 rings (SSSR count). The van der Waals surface area contributed by atoms with Crippen molar-refractivity contribution in [1.82, 2.24) is 9.88 Å². The minimum Gasteiger partial charge on any atom is -0.323 e. The average Bonchev–Trinajstić information content (AvgIpc) is 3.22. The van der Waals surface area contributed by atoms with Gasteiger partial charge in [-0.05, 0) is 59.7 Å². The van der Waals surface area contributed by atoms with Crippen LogP contribution in [0, 0.1) is 0 Å². The summed E-state index contributed by atoms with van der Waals surface area (Å²) >= 11 is 0. The number of fused-ring (bicyclic) bond motifs is 1. The van der Waals surface area contributed by atoms with Gasteiger partial charge in [-0.15, -0.1) is 0 Å². The Balaban J connectivity index is 1.39. The quantitative estimate of drug-likeness (QED) is 0.606. The Morgan fingerprint density at radius 1 is 0.875 bits per heavy atom. The van der Waals surface area contributed by atoms with Crippen LogP contribution in [0.2, 0.25) is 0 Å². The summed E-state index contributed by atoms with van der Waals surface area (Å²) < 4.78 is 0. The van der Waals surface area contributed by atoms with Crippen LogP contribution in [-0.2, 0) is 5.54 Å². The molecule has 158 valence electrons. The van der Waals surface area contributed by atoms with Crippen LogP contribution < -0.4 is 5.73 Å². The van der Waals surface area contributed by atoms with E-state index in [0.717, 1.165) is 29.8 Å². The molecule has 0 spiro atoms. The fourth-order valence-corrected chi connectivity index (χ4v) is 5.02. The van der Waals surface area contributed by atoms with Gasteiger partial charge in [-0.2, -0.15) is 0 Å². The molecule has 0 amide bonds. The number of benzene rings is 2. The first-order valence-corrected chi connectivity index (χ1v) is 11.3. The molecule has 2 aromatic carbocycles. The van der Waals surface area contributed by atoms with Gasteiger partial charge >= 0.3 is 0 Å². The number of allylic oxidation sites excluding steroid dienone is 2. The van der Waals surface area contributed by atoms with Crippen molar-refractivity contribution < 1.29 is 0 Å². The number of rotatable bonds is 4. The third kappa shape index (κ3) is 3.19. The smallest absolute Gasteiger partial charge is 0.128 e. The first kappa shape index (κ1) is 19.2. The molecule has 0 bridgehead atoms. The Labute approximate surface area is 188 Å². The van der Waals surface area contributed by atoms with Crippen LogP contribution in [0.5, 0.6) is 0 Å². The minimum atomic E-state index is -0.138. The molecule has 0 radical (unpaired) electrons. The van der Waals surface area contributed by atoms with Crippen LogP contribution in [0.25, 0.3) is 5.57 Å². The topological polar surface area (TPSA) is 54.5 Å². The lowest BCUT2D eigenvalue weighted by Gasteiger charge is -2.38. The number of aliphatic imine (C=N–C) groups is 1. The van der Waals surface area contributed by atoms with Crippen LogP contribution in [0.4, 0.5) is 0 Å². The molecule has 0 saturated heterocycles. The van der Waals surface area contributed by atoms with E-state index >= 15 is 0 Å². The molecule has 3 aliphatic rings. The first-order valence-electron chi connectivity index (χ1n) is 11.3. The first-order chi connectivity index (χ1) is 15.7. The van der Waals surface area contributed by atoms with Crippen LogP contribution in [0.15, 0.2) is 102 Å². The standard InChI is InChI=1S/C28H26N4/c29-28(15-5-16-28)24-12-9-20(10-13-24)26-27(21-6-2-1-3-7-21)32-19-23(11-14-25(32)31-26)22-8-4-17-30-18-22/h1-4,6-14,17-19,26-27H,5,15-16,29H2. The minimum absolute atomic E-state index is 0.0192. The van der Waals surface area contributed by atoms with E-state index in [-0.39, 0.29) is 17.6 Å². The molecule has 2 N–H and O–H groups in total. The molecule has 1 aliphatic carbocycles. The highest BCUT2D eigenvalue weighted by Gasteiger charge is 2.38. The number of nitrogens with two attached hydrogens (primary N) is 1. The Kier molecular flexibility index (Phi) is 4.54. The maximum atomic E-state index is 6.55. The van der Waals surface area contributed by atoms with Gasteiger partial charge in [0.15, 0.2) is 0 Å². The van der Waals surface area contributed by atoms with Crippen LogP contribution >= 0.6 is 0 Å². The Morgan fingerprint density at radius 2 is 1.69 bits per heavy atom. The van der Waals surface area contributed by atoms with E-state index < -0.39 is 0 Å². The van der Waals surface area contributed by atoms with Crippen molar-refractivity contribution in [2.45, 2.75) is 36.9 Å². The molecule has 3 heterocycles. The van der Waals surface area contributed by atoms with Gasteiger partial charge in [-0.1, -0.05) is 60.7 Å². The summed E-state index contributed by atoms with van der Waals surface area (Å²) in [7, 11) is 0. The zero-order chi connectivity index (χ0) is 21.5. The summed E-state index contributed by atoms with van der Waals surface area (Å²) in [5, 5.41) is 0. The van der Waals surface area contributed by atoms with Crippen molar-refractivity contribution in [3.8, 4) is 0 Å². The second-order valence-electron chi connectivity index (χ2n) is 8.99. The summed E-state index contributed by atoms with van der Waals surface area (Å²) in [6, 6.07) is 23.7. The van der Waals surface area contributed by atoms with Gasteiger partial charge in [0.1, 0.15) is 11.9 Å². The number of hydrogen-bond donors (Lipinski definition) is 1. The SMILES string of the molecule is NC1(c2ccc(C3N=C4C=CC(c5cccnc5)=CN4C3c3ccccc3)cc2)CCC1. The van der Waals surface area contributed by atoms with E-state index in [1.807, 2.05) is 12.3 Å². The van der Waals surface area contributed by atoms with Crippen molar-refractivity contribution in [1.29, 1.82) is 0 Å². The zero-order valence-electron chi connectivity index (χ0n) is 17.9. The van der Waals surface area contributed by atoms with E-state index in [0.29, 0.717) is 0 Å². The molecule has 1 aromatic heterocycles. The third-order valence-electron chi connectivity index (χ3n) is 7.03. The monoisotopic (exact) mass is 418 g/mol. The normalized spacial score (nSPS) is 23.2. The maximum Gasteiger partial charge on any atom is 0.128 e. The van der Waals surface area contributed by atoms with E-state index in [4.69, 9.17) is 10.7 Å². The van der Waals surface area contributed by atoms with Gasteiger partial charge in [-0.3, -0.25) is 9.98 Å². The summed E-state index contributed by atoms with van der Waals surface area (Å²) in [5.41, 5.74) is 12.4. The van der Waals surface area contributed by atoms with E-state index in [1.165, 1.54) is 23.1 Å². The Bertz CT molecular complexity index is 1210. The fraction of sp³-hybridized carbons (Fsp3) is 0.214. The highest BCUT2D eigenvalue weighted by molar-refractivity contribution is 6.01. The summed E-state index contributed by atoms with van der Waals surface area (Å²) in [4.78, 5) is 11.8. The van der Waals surface area contributed by atoms with E-state index in [9.17, 15) is 0 Å². The van der Waals surface area contributed by atoms with Gasteiger partial charge in [0.25, 0.3) is 0 Å². The number of nitrogens with zero attached hydrogens (tertiary/aromatic N) is 3. The highest BCUT2D eigenvalue weighted by Crippen LogP contribution is 2.45. The van der Waals surface area contributed by atoms with Crippen LogP contribution in [0.3, 0.4) is 0 Å². The van der Waals surface area contributed by atoms with E-state index in [2.05, 4.69) is 88.9 Å². The number of aromatic nitrogens is 1. The van der Waals surface area contributed by atoms with Crippen LogP contribution in [0.1, 0.15) is 53.6 Å². The van der Waals surface area contributed by atoms with Gasteiger partial charge in [0, 0.05) is 29.7 Å². The molecule has 3 aromatic rings.